The highest BCUT2D eigenvalue weighted by atomic mass is 16.5. The number of benzene rings is 1. The zero-order valence-electron chi connectivity index (χ0n) is 12.4. The fraction of sp³-hybridized carbons (Fsp3) is 0.467. The van der Waals surface area contributed by atoms with E-state index in [2.05, 4.69) is 36.3 Å². The van der Waals surface area contributed by atoms with Crippen LogP contribution in [0.2, 0.25) is 0 Å². The van der Waals surface area contributed by atoms with Crippen LogP contribution in [0.5, 0.6) is 5.75 Å². The van der Waals surface area contributed by atoms with Gasteiger partial charge in [0.1, 0.15) is 5.75 Å². The number of nitrogens with zero attached hydrogens (tertiary/aromatic N) is 2. The SMILES string of the molecule is CCOc1ccc(-c2nnc(CNC(C)(C)C)o2)cc1. The molecule has 2 rings (SSSR count). The second-order valence-corrected chi connectivity index (χ2v) is 5.56. The third-order valence-electron chi connectivity index (χ3n) is 2.65. The van der Waals surface area contributed by atoms with Crippen LogP contribution in [0.4, 0.5) is 0 Å². The van der Waals surface area contributed by atoms with Crippen molar-refractivity contribution in [1.82, 2.24) is 15.5 Å². The van der Waals surface area contributed by atoms with Crippen molar-refractivity contribution in [2.75, 3.05) is 6.61 Å². The molecule has 0 amide bonds. The van der Waals surface area contributed by atoms with E-state index in [1.54, 1.807) is 0 Å². The first-order chi connectivity index (χ1) is 9.48. The summed E-state index contributed by atoms with van der Waals surface area (Å²) in [6.45, 7) is 9.46. The Morgan fingerprint density at radius 2 is 1.85 bits per heavy atom. The highest BCUT2D eigenvalue weighted by molar-refractivity contribution is 5.53. The van der Waals surface area contributed by atoms with Crippen LogP contribution in [0.3, 0.4) is 0 Å². The topological polar surface area (TPSA) is 60.2 Å². The Hall–Kier alpha value is -1.88. The number of ether oxygens (including phenoxy) is 1. The predicted octanol–water partition coefficient (Wildman–Crippen LogP) is 3.02. The maximum Gasteiger partial charge on any atom is 0.247 e. The maximum atomic E-state index is 5.64. The molecule has 2 aromatic rings. The van der Waals surface area contributed by atoms with Crippen molar-refractivity contribution in [2.45, 2.75) is 39.8 Å². The maximum absolute atomic E-state index is 5.64. The molecule has 108 valence electrons. The molecule has 0 atom stereocenters. The Morgan fingerprint density at radius 1 is 1.15 bits per heavy atom. The molecule has 0 spiro atoms. The van der Waals surface area contributed by atoms with Gasteiger partial charge in [-0.1, -0.05) is 0 Å². The van der Waals surface area contributed by atoms with Crippen LogP contribution < -0.4 is 10.1 Å². The quantitative estimate of drug-likeness (QED) is 0.909. The lowest BCUT2D eigenvalue weighted by molar-refractivity contribution is 0.340. The molecule has 1 aromatic carbocycles. The van der Waals surface area contributed by atoms with Gasteiger partial charge in [0.2, 0.25) is 11.8 Å². The molecule has 20 heavy (non-hydrogen) atoms. The number of hydrogen-bond acceptors (Lipinski definition) is 5. The van der Waals surface area contributed by atoms with E-state index in [4.69, 9.17) is 9.15 Å². The van der Waals surface area contributed by atoms with E-state index in [1.807, 2.05) is 31.2 Å². The summed E-state index contributed by atoms with van der Waals surface area (Å²) in [7, 11) is 0. The molecule has 0 saturated carbocycles. The molecule has 0 unspecified atom stereocenters. The molecule has 1 N–H and O–H groups in total. The van der Waals surface area contributed by atoms with E-state index in [0.717, 1.165) is 11.3 Å². The molecule has 0 aliphatic carbocycles. The molecule has 1 heterocycles. The molecular formula is C15H21N3O2. The lowest BCUT2D eigenvalue weighted by Gasteiger charge is -2.18. The van der Waals surface area contributed by atoms with E-state index in [0.29, 0.717) is 24.9 Å². The Labute approximate surface area is 119 Å². The van der Waals surface area contributed by atoms with Gasteiger partial charge in [-0.3, -0.25) is 0 Å². The molecular weight excluding hydrogens is 254 g/mol. The summed E-state index contributed by atoms with van der Waals surface area (Å²) in [6, 6.07) is 7.63. The third kappa shape index (κ3) is 4.06. The van der Waals surface area contributed by atoms with E-state index >= 15 is 0 Å². The molecule has 0 radical (unpaired) electrons. The van der Waals surface area contributed by atoms with E-state index < -0.39 is 0 Å². The van der Waals surface area contributed by atoms with Crippen LogP contribution in [0.25, 0.3) is 11.5 Å². The van der Waals surface area contributed by atoms with E-state index in [1.165, 1.54) is 0 Å². The Kier molecular flexibility index (Phi) is 4.39. The van der Waals surface area contributed by atoms with Gasteiger partial charge >= 0.3 is 0 Å². The molecule has 0 aliphatic heterocycles. The van der Waals surface area contributed by atoms with Gasteiger partial charge in [-0.25, -0.2) is 0 Å². The van der Waals surface area contributed by atoms with Crippen molar-refractivity contribution in [3.63, 3.8) is 0 Å². The second-order valence-electron chi connectivity index (χ2n) is 5.56. The van der Waals surface area contributed by atoms with Gasteiger partial charge in [0.05, 0.1) is 13.2 Å². The van der Waals surface area contributed by atoms with Gasteiger partial charge in [-0.2, -0.15) is 0 Å². The molecule has 5 heteroatoms. The molecule has 0 bridgehead atoms. The fourth-order valence-electron chi connectivity index (χ4n) is 1.64. The molecule has 0 aliphatic rings. The van der Waals surface area contributed by atoms with Crippen LogP contribution in [-0.4, -0.2) is 22.3 Å². The van der Waals surface area contributed by atoms with Crippen LogP contribution in [0.15, 0.2) is 28.7 Å². The van der Waals surface area contributed by atoms with Gasteiger partial charge in [0, 0.05) is 11.1 Å². The minimum atomic E-state index is 0.0216. The lowest BCUT2D eigenvalue weighted by Crippen LogP contribution is -2.35. The molecule has 0 fully saturated rings. The monoisotopic (exact) mass is 275 g/mol. The highest BCUT2D eigenvalue weighted by Gasteiger charge is 2.13. The van der Waals surface area contributed by atoms with Gasteiger partial charge in [0.15, 0.2) is 0 Å². The number of rotatable bonds is 5. The predicted molar refractivity (Wildman–Crippen MR) is 77.5 cm³/mol. The zero-order valence-corrected chi connectivity index (χ0v) is 12.4. The molecule has 1 aromatic heterocycles. The van der Waals surface area contributed by atoms with Gasteiger partial charge in [0.25, 0.3) is 0 Å². The first-order valence-corrected chi connectivity index (χ1v) is 6.78. The van der Waals surface area contributed by atoms with Crippen molar-refractivity contribution in [1.29, 1.82) is 0 Å². The summed E-state index contributed by atoms with van der Waals surface area (Å²) >= 11 is 0. The van der Waals surface area contributed by atoms with Gasteiger partial charge in [-0.15, -0.1) is 10.2 Å². The fourth-order valence-corrected chi connectivity index (χ4v) is 1.64. The van der Waals surface area contributed by atoms with Crippen molar-refractivity contribution >= 4 is 0 Å². The zero-order chi connectivity index (χ0) is 14.6. The summed E-state index contributed by atoms with van der Waals surface area (Å²) in [4.78, 5) is 0. The van der Waals surface area contributed by atoms with Gasteiger partial charge in [-0.05, 0) is 52.0 Å². The van der Waals surface area contributed by atoms with E-state index in [-0.39, 0.29) is 5.54 Å². The van der Waals surface area contributed by atoms with E-state index in [9.17, 15) is 0 Å². The number of aromatic nitrogens is 2. The summed E-state index contributed by atoms with van der Waals surface area (Å²) in [5.74, 6) is 1.95. The molecule has 0 saturated heterocycles. The normalized spacial score (nSPS) is 11.6. The summed E-state index contributed by atoms with van der Waals surface area (Å²) in [5, 5.41) is 11.4. The van der Waals surface area contributed by atoms with Crippen molar-refractivity contribution < 1.29 is 9.15 Å². The average Bonchev–Trinajstić information content (AvgIpc) is 2.86. The Balaban J connectivity index is 2.04. The largest absolute Gasteiger partial charge is 0.494 e. The van der Waals surface area contributed by atoms with Crippen LogP contribution in [0.1, 0.15) is 33.6 Å². The first kappa shape index (κ1) is 14.5. The number of hydrogen-bond donors (Lipinski definition) is 1. The van der Waals surface area contributed by atoms with Crippen molar-refractivity contribution in [2.24, 2.45) is 0 Å². The van der Waals surface area contributed by atoms with Crippen molar-refractivity contribution in [3.8, 4) is 17.2 Å². The third-order valence-corrected chi connectivity index (χ3v) is 2.65. The number of nitrogens with one attached hydrogen (secondary N) is 1. The minimum absolute atomic E-state index is 0.0216. The van der Waals surface area contributed by atoms with Gasteiger partial charge < -0.3 is 14.5 Å². The summed E-state index contributed by atoms with van der Waals surface area (Å²) < 4.78 is 11.0. The first-order valence-electron chi connectivity index (χ1n) is 6.78. The summed E-state index contributed by atoms with van der Waals surface area (Å²) in [6.07, 6.45) is 0. The Morgan fingerprint density at radius 3 is 2.45 bits per heavy atom. The Bertz CT molecular complexity index is 541. The summed E-state index contributed by atoms with van der Waals surface area (Å²) in [5.41, 5.74) is 0.913. The lowest BCUT2D eigenvalue weighted by atomic mass is 10.1. The average molecular weight is 275 g/mol. The minimum Gasteiger partial charge on any atom is -0.494 e. The van der Waals surface area contributed by atoms with Crippen LogP contribution in [-0.2, 0) is 6.54 Å². The highest BCUT2D eigenvalue weighted by Crippen LogP contribution is 2.21. The van der Waals surface area contributed by atoms with Crippen LogP contribution in [0, 0.1) is 0 Å². The standard InChI is InChI=1S/C15H21N3O2/c1-5-19-12-8-6-11(7-9-12)14-18-17-13(20-14)10-16-15(2,3)4/h6-9,16H,5,10H2,1-4H3. The molecule has 5 nitrogen and oxygen atoms in total. The smallest absolute Gasteiger partial charge is 0.247 e. The van der Waals surface area contributed by atoms with Crippen molar-refractivity contribution in [3.05, 3.63) is 30.2 Å². The second kappa shape index (κ2) is 6.05. The van der Waals surface area contributed by atoms with Crippen LogP contribution >= 0.6 is 0 Å².